The molecule has 1 aromatic rings. The molecule has 0 saturated carbocycles. The molecule has 0 radical (unpaired) electrons. The van der Waals surface area contributed by atoms with E-state index in [9.17, 15) is 4.79 Å². The largest absolute Gasteiger partial charge is 0.492 e. The summed E-state index contributed by atoms with van der Waals surface area (Å²) in [7, 11) is 0. The first-order valence-electron chi connectivity index (χ1n) is 5.97. The second-order valence-electron chi connectivity index (χ2n) is 4.31. The summed E-state index contributed by atoms with van der Waals surface area (Å²) in [4.78, 5) is 11.3. The van der Waals surface area contributed by atoms with Crippen molar-refractivity contribution in [1.82, 2.24) is 5.32 Å². The van der Waals surface area contributed by atoms with E-state index in [0.29, 0.717) is 24.7 Å². The molecule has 1 N–H and O–H groups in total. The third kappa shape index (κ3) is 3.06. The van der Waals surface area contributed by atoms with E-state index in [1.54, 1.807) is 6.07 Å². The molecule has 1 aromatic carbocycles. The third-order valence-corrected chi connectivity index (χ3v) is 2.54. The van der Waals surface area contributed by atoms with E-state index in [4.69, 9.17) is 14.2 Å². The number of amides is 1. The van der Waals surface area contributed by atoms with Crippen molar-refractivity contribution in [3.8, 4) is 17.2 Å². The van der Waals surface area contributed by atoms with E-state index in [1.165, 1.54) is 0 Å². The van der Waals surface area contributed by atoms with Gasteiger partial charge in [0.15, 0.2) is 11.5 Å². The van der Waals surface area contributed by atoms with Gasteiger partial charge in [0.25, 0.3) is 0 Å². The number of carbonyl (C=O) groups is 1. The number of hydrogen-bond acceptors (Lipinski definition) is 4. The Kier molecular flexibility index (Phi) is 3.92. The molecule has 1 aliphatic rings. The average molecular weight is 251 g/mol. The van der Waals surface area contributed by atoms with Crippen LogP contribution in [0.15, 0.2) is 18.2 Å². The molecule has 98 valence electrons. The first-order valence-corrected chi connectivity index (χ1v) is 5.97. The number of ether oxygens (including phenoxy) is 3. The minimum absolute atomic E-state index is 0.00413. The standard InChI is InChI=1S/C13H17NO4/c1-9(2)13(15)14-5-6-16-10-3-4-11-12(7-10)18-8-17-11/h3-4,7,9H,5-6,8H2,1-2H3,(H,14,15). The summed E-state index contributed by atoms with van der Waals surface area (Å²) >= 11 is 0. The lowest BCUT2D eigenvalue weighted by Crippen LogP contribution is -2.31. The molecule has 0 spiro atoms. The minimum Gasteiger partial charge on any atom is -0.492 e. The molecule has 0 fully saturated rings. The monoisotopic (exact) mass is 251 g/mol. The van der Waals surface area contributed by atoms with Crippen LogP contribution in [0.1, 0.15) is 13.8 Å². The van der Waals surface area contributed by atoms with E-state index in [0.717, 1.165) is 5.75 Å². The Morgan fingerprint density at radius 3 is 2.94 bits per heavy atom. The fourth-order valence-electron chi connectivity index (χ4n) is 1.51. The van der Waals surface area contributed by atoms with E-state index in [2.05, 4.69) is 5.32 Å². The SMILES string of the molecule is CC(C)C(=O)NCCOc1ccc2c(c1)OCO2. The van der Waals surface area contributed by atoms with Gasteiger partial charge >= 0.3 is 0 Å². The molecular formula is C13H17NO4. The number of nitrogens with one attached hydrogen (secondary N) is 1. The highest BCUT2D eigenvalue weighted by molar-refractivity contribution is 5.77. The molecule has 0 aromatic heterocycles. The van der Waals surface area contributed by atoms with E-state index < -0.39 is 0 Å². The first kappa shape index (κ1) is 12.5. The Hall–Kier alpha value is -1.91. The van der Waals surface area contributed by atoms with Crippen molar-refractivity contribution in [3.63, 3.8) is 0 Å². The van der Waals surface area contributed by atoms with Gasteiger partial charge < -0.3 is 19.5 Å². The van der Waals surface area contributed by atoms with E-state index in [-0.39, 0.29) is 18.6 Å². The van der Waals surface area contributed by atoms with Gasteiger partial charge in [0.1, 0.15) is 12.4 Å². The summed E-state index contributed by atoms with van der Waals surface area (Å²) in [5.74, 6) is 2.16. The van der Waals surface area contributed by atoms with Gasteiger partial charge in [0, 0.05) is 12.0 Å². The molecule has 2 rings (SSSR count). The highest BCUT2D eigenvalue weighted by atomic mass is 16.7. The maximum atomic E-state index is 11.3. The van der Waals surface area contributed by atoms with Crippen LogP contribution in [0.3, 0.4) is 0 Å². The van der Waals surface area contributed by atoms with Gasteiger partial charge in [-0.25, -0.2) is 0 Å². The lowest BCUT2D eigenvalue weighted by atomic mass is 10.2. The van der Waals surface area contributed by atoms with Crippen LogP contribution >= 0.6 is 0 Å². The van der Waals surface area contributed by atoms with Crippen LogP contribution in [-0.4, -0.2) is 25.9 Å². The van der Waals surface area contributed by atoms with Crippen molar-refractivity contribution in [2.24, 2.45) is 5.92 Å². The Morgan fingerprint density at radius 2 is 2.17 bits per heavy atom. The van der Waals surface area contributed by atoms with Crippen molar-refractivity contribution >= 4 is 5.91 Å². The molecule has 1 heterocycles. The van der Waals surface area contributed by atoms with Gasteiger partial charge in [-0.15, -0.1) is 0 Å². The highest BCUT2D eigenvalue weighted by Crippen LogP contribution is 2.34. The fourth-order valence-corrected chi connectivity index (χ4v) is 1.51. The normalized spacial score (nSPS) is 12.6. The maximum Gasteiger partial charge on any atom is 0.231 e. The first-order chi connectivity index (χ1) is 8.66. The van der Waals surface area contributed by atoms with Crippen LogP contribution in [0.5, 0.6) is 17.2 Å². The third-order valence-electron chi connectivity index (χ3n) is 2.54. The zero-order valence-corrected chi connectivity index (χ0v) is 10.6. The molecule has 18 heavy (non-hydrogen) atoms. The molecule has 1 amide bonds. The Balaban J connectivity index is 1.75. The quantitative estimate of drug-likeness (QED) is 0.807. The molecule has 0 saturated heterocycles. The number of fused-ring (bicyclic) bond motifs is 1. The van der Waals surface area contributed by atoms with Gasteiger partial charge in [-0.2, -0.15) is 0 Å². The maximum absolute atomic E-state index is 11.3. The van der Waals surface area contributed by atoms with Crippen molar-refractivity contribution in [3.05, 3.63) is 18.2 Å². The fraction of sp³-hybridized carbons (Fsp3) is 0.462. The summed E-state index contributed by atoms with van der Waals surface area (Å²) in [6.45, 7) is 4.88. The molecule has 0 bridgehead atoms. The van der Waals surface area contributed by atoms with Gasteiger partial charge in [0.2, 0.25) is 12.7 Å². The second kappa shape index (κ2) is 5.62. The number of carbonyl (C=O) groups excluding carboxylic acids is 1. The number of benzene rings is 1. The van der Waals surface area contributed by atoms with E-state index >= 15 is 0 Å². The topological polar surface area (TPSA) is 56.8 Å². The molecular weight excluding hydrogens is 234 g/mol. The predicted octanol–water partition coefficient (Wildman–Crippen LogP) is 1.57. The minimum atomic E-state index is -0.00413. The summed E-state index contributed by atoms with van der Waals surface area (Å²) < 4.78 is 16.0. The van der Waals surface area contributed by atoms with Crippen molar-refractivity contribution in [2.45, 2.75) is 13.8 Å². The summed E-state index contributed by atoms with van der Waals surface area (Å²) in [6.07, 6.45) is 0. The van der Waals surface area contributed by atoms with E-state index in [1.807, 2.05) is 26.0 Å². The van der Waals surface area contributed by atoms with Crippen LogP contribution in [0.25, 0.3) is 0 Å². The lowest BCUT2D eigenvalue weighted by Gasteiger charge is -2.09. The summed E-state index contributed by atoms with van der Waals surface area (Å²) in [5, 5.41) is 2.78. The Bertz CT molecular complexity index is 431. The predicted molar refractivity (Wildman–Crippen MR) is 65.9 cm³/mol. The van der Waals surface area contributed by atoms with Crippen molar-refractivity contribution in [1.29, 1.82) is 0 Å². The van der Waals surface area contributed by atoms with Crippen LogP contribution in [0.4, 0.5) is 0 Å². The smallest absolute Gasteiger partial charge is 0.231 e. The lowest BCUT2D eigenvalue weighted by molar-refractivity contribution is -0.124. The van der Waals surface area contributed by atoms with Crippen molar-refractivity contribution < 1.29 is 19.0 Å². The summed E-state index contributed by atoms with van der Waals surface area (Å²) in [6, 6.07) is 5.41. The van der Waals surface area contributed by atoms with Gasteiger partial charge in [-0.05, 0) is 12.1 Å². The zero-order valence-electron chi connectivity index (χ0n) is 10.6. The molecule has 5 heteroatoms. The van der Waals surface area contributed by atoms with Gasteiger partial charge in [-0.1, -0.05) is 13.8 Å². The van der Waals surface area contributed by atoms with Crippen LogP contribution in [0.2, 0.25) is 0 Å². The Morgan fingerprint density at radius 1 is 1.39 bits per heavy atom. The van der Waals surface area contributed by atoms with Gasteiger partial charge in [-0.3, -0.25) is 4.79 Å². The highest BCUT2D eigenvalue weighted by Gasteiger charge is 2.13. The molecule has 1 aliphatic heterocycles. The van der Waals surface area contributed by atoms with Gasteiger partial charge in [0.05, 0.1) is 6.54 Å². The average Bonchev–Trinajstić information content (AvgIpc) is 2.81. The van der Waals surface area contributed by atoms with Crippen molar-refractivity contribution in [2.75, 3.05) is 19.9 Å². The van der Waals surface area contributed by atoms with Crippen LogP contribution < -0.4 is 19.5 Å². The zero-order chi connectivity index (χ0) is 13.0. The number of hydrogen-bond donors (Lipinski definition) is 1. The summed E-state index contributed by atoms with van der Waals surface area (Å²) in [5.41, 5.74) is 0. The molecule has 0 atom stereocenters. The van der Waals surface area contributed by atoms with Crippen LogP contribution in [-0.2, 0) is 4.79 Å². The number of rotatable bonds is 5. The Labute approximate surface area is 106 Å². The molecule has 5 nitrogen and oxygen atoms in total. The van der Waals surface area contributed by atoms with Crippen LogP contribution in [0, 0.1) is 5.92 Å². The molecule has 0 unspecified atom stereocenters. The molecule has 0 aliphatic carbocycles. The second-order valence-corrected chi connectivity index (χ2v) is 4.31.